The zero-order valence-corrected chi connectivity index (χ0v) is 12.5. The van der Waals surface area contributed by atoms with Crippen molar-refractivity contribution in [3.8, 4) is 5.75 Å². The van der Waals surface area contributed by atoms with Crippen LogP contribution in [0, 0.1) is 5.82 Å². The van der Waals surface area contributed by atoms with Gasteiger partial charge in [0.15, 0.2) is 0 Å². The maximum Gasteiger partial charge on any atom is 0.139 e. The number of ether oxygens (including phenoxy) is 1. The van der Waals surface area contributed by atoms with Crippen molar-refractivity contribution in [3.05, 3.63) is 63.4 Å². The minimum Gasteiger partial charge on any atom is -0.487 e. The summed E-state index contributed by atoms with van der Waals surface area (Å²) >= 11 is 16.7. The molecule has 104 valence electrons. The molecule has 0 heterocycles. The van der Waals surface area contributed by atoms with Crippen LogP contribution in [0.5, 0.6) is 5.75 Å². The Labute approximate surface area is 131 Å². The van der Waals surface area contributed by atoms with E-state index in [0.29, 0.717) is 26.9 Å². The molecule has 2 aromatic carbocycles. The van der Waals surface area contributed by atoms with Crippen LogP contribution in [0.3, 0.4) is 0 Å². The van der Waals surface area contributed by atoms with E-state index in [-0.39, 0.29) is 11.6 Å². The normalized spacial score (nSPS) is 10.3. The summed E-state index contributed by atoms with van der Waals surface area (Å²) in [6.45, 7) is 0.00233. The highest BCUT2D eigenvalue weighted by atomic mass is 35.5. The Kier molecular flexibility index (Phi) is 4.81. The van der Waals surface area contributed by atoms with Gasteiger partial charge in [-0.05, 0) is 30.3 Å². The molecule has 0 aromatic heterocycles. The molecular weight excluding hydrogens is 320 g/mol. The number of hydrogen-bond acceptors (Lipinski definition) is 2. The average molecular weight is 330 g/mol. The van der Waals surface area contributed by atoms with Crippen molar-refractivity contribution in [2.75, 3.05) is 0 Å². The number of thiocarbonyl (C=S) groups is 1. The molecule has 0 spiro atoms. The van der Waals surface area contributed by atoms with E-state index in [1.165, 1.54) is 12.1 Å². The van der Waals surface area contributed by atoms with E-state index in [4.69, 9.17) is 45.9 Å². The number of nitrogens with two attached hydrogens (primary N) is 1. The Morgan fingerprint density at radius 3 is 2.70 bits per heavy atom. The van der Waals surface area contributed by atoms with Crippen LogP contribution in [0.2, 0.25) is 10.0 Å². The molecular formula is C14H10Cl2FNOS. The lowest BCUT2D eigenvalue weighted by atomic mass is 10.1. The van der Waals surface area contributed by atoms with Gasteiger partial charge in [-0.15, -0.1) is 0 Å². The first-order valence-electron chi connectivity index (χ1n) is 5.64. The zero-order valence-electron chi connectivity index (χ0n) is 10.2. The van der Waals surface area contributed by atoms with E-state index < -0.39 is 5.82 Å². The van der Waals surface area contributed by atoms with Gasteiger partial charge in [-0.2, -0.15) is 0 Å². The largest absolute Gasteiger partial charge is 0.487 e. The molecule has 20 heavy (non-hydrogen) atoms. The molecule has 2 nitrogen and oxygen atoms in total. The molecule has 2 N–H and O–H groups in total. The van der Waals surface area contributed by atoms with E-state index in [9.17, 15) is 4.39 Å². The molecule has 0 amide bonds. The van der Waals surface area contributed by atoms with Crippen molar-refractivity contribution in [3.63, 3.8) is 0 Å². The van der Waals surface area contributed by atoms with Crippen molar-refractivity contribution in [1.29, 1.82) is 0 Å². The topological polar surface area (TPSA) is 35.2 Å². The summed E-state index contributed by atoms with van der Waals surface area (Å²) in [5, 5.41) is 0.668. The second-order valence-electron chi connectivity index (χ2n) is 4.01. The molecule has 0 aliphatic carbocycles. The monoisotopic (exact) mass is 329 g/mol. The van der Waals surface area contributed by atoms with Gasteiger partial charge < -0.3 is 10.5 Å². The lowest BCUT2D eigenvalue weighted by Gasteiger charge is -2.10. The van der Waals surface area contributed by atoms with Crippen molar-refractivity contribution in [1.82, 2.24) is 0 Å². The van der Waals surface area contributed by atoms with Gasteiger partial charge in [-0.3, -0.25) is 0 Å². The standard InChI is InChI=1S/C14H10Cl2FNOS/c15-10-2-1-3-12(13(10)16)19-7-9-6-8(14(18)20)4-5-11(9)17/h1-6H,7H2,(H2,18,20). The van der Waals surface area contributed by atoms with Crippen LogP contribution in [0.1, 0.15) is 11.1 Å². The van der Waals surface area contributed by atoms with Crippen LogP contribution in [-0.2, 0) is 6.61 Å². The maximum absolute atomic E-state index is 13.7. The van der Waals surface area contributed by atoms with Gasteiger partial charge in [0.05, 0.1) is 5.02 Å². The predicted octanol–water partition coefficient (Wildman–Crippen LogP) is 4.35. The molecule has 0 atom stereocenters. The van der Waals surface area contributed by atoms with E-state index in [1.807, 2.05) is 0 Å². The third-order valence-corrected chi connectivity index (χ3v) is 3.67. The fourth-order valence-electron chi connectivity index (χ4n) is 1.59. The molecule has 0 fully saturated rings. The summed E-state index contributed by atoms with van der Waals surface area (Å²) < 4.78 is 19.2. The van der Waals surface area contributed by atoms with Crippen molar-refractivity contribution in [2.45, 2.75) is 6.61 Å². The Bertz CT molecular complexity index is 664. The molecule has 0 unspecified atom stereocenters. The summed E-state index contributed by atoms with van der Waals surface area (Å²) in [6, 6.07) is 9.37. The van der Waals surface area contributed by atoms with Crippen LogP contribution in [0.4, 0.5) is 4.39 Å². The fraction of sp³-hybridized carbons (Fsp3) is 0.0714. The van der Waals surface area contributed by atoms with Gasteiger partial charge >= 0.3 is 0 Å². The molecule has 2 aromatic rings. The van der Waals surface area contributed by atoms with Crippen LogP contribution >= 0.6 is 35.4 Å². The summed E-state index contributed by atoms with van der Waals surface area (Å²) in [5.74, 6) is -0.0116. The summed E-state index contributed by atoms with van der Waals surface area (Å²) in [5.41, 5.74) is 6.43. The van der Waals surface area contributed by atoms with Gasteiger partial charge in [-0.25, -0.2) is 4.39 Å². The predicted molar refractivity (Wildman–Crippen MR) is 83.1 cm³/mol. The smallest absolute Gasteiger partial charge is 0.139 e. The minimum atomic E-state index is -0.400. The zero-order chi connectivity index (χ0) is 14.7. The Morgan fingerprint density at radius 1 is 1.25 bits per heavy atom. The van der Waals surface area contributed by atoms with Crippen LogP contribution in [0.15, 0.2) is 36.4 Å². The van der Waals surface area contributed by atoms with Crippen molar-refractivity contribution in [2.24, 2.45) is 5.73 Å². The van der Waals surface area contributed by atoms with Gasteiger partial charge in [0.2, 0.25) is 0 Å². The van der Waals surface area contributed by atoms with Gasteiger partial charge in [-0.1, -0.05) is 41.5 Å². The highest BCUT2D eigenvalue weighted by Gasteiger charge is 2.09. The molecule has 0 aliphatic rings. The second kappa shape index (κ2) is 6.39. The molecule has 2 rings (SSSR count). The Hall–Kier alpha value is -1.36. The lowest BCUT2D eigenvalue weighted by molar-refractivity contribution is 0.300. The quantitative estimate of drug-likeness (QED) is 0.847. The number of benzene rings is 2. The number of halogens is 3. The Morgan fingerprint density at radius 2 is 2.00 bits per heavy atom. The summed E-state index contributed by atoms with van der Waals surface area (Å²) in [7, 11) is 0. The van der Waals surface area contributed by atoms with Crippen molar-refractivity contribution < 1.29 is 9.13 Å². The van der Waals surface area contributed by atoms with Gasteiger partial charge in [0.25, 0.3) is 0 Å². The number of rotatable bonds is 4. The molecule has 0 radical (unpaired) electrons. The molecule has 0 saturated carbocycles. The molecule has 0 saturated heterocycles. The van der Waals surface area contributed by atoms with E-state index >= 15 is 0 Å². The van der Waals surface area contributed by atoms with E-state index in [0.717, 1.165) is 0 Å². The van der Waals surface area contributed by atoms with Crippen LogP contribution < -0.4 is 10.5 Å². The summed E-state index contributed by atoms with van der Waals surface area (Å²) in [4.78, 5) is 0.201. The third-order valence-electron chi connectivity index (χ3n) is 2.63. The van der Waals surface area contributed by atoms with Gasteiger partial charge in [0, 0.05) is 11.1 Å². The highest BCUT2D eigenvalue weighted by Crippen LogP contribution is 2.32. The van der Waals surface area contributed by atoms with Gasteiger partial charge in [0.1, 0.15) is 28.2 Å². The highest BCUT2D eigenvalue weighted by molar-refractivity contribution is 7.80. The molecule has 0 aliphatic heterocycles. The summed E-state index contributed by atoms with van der Waals surface area (Å²) in [6.07, 6.45) is 0. The lowest BCUT2D eigenvalue weighted by Crippen LogP contribution is -2.10. The van der Waals surface area contributed by atoms with E-state index in [1.54, 1.807) is 24.3 Å². The van der Waals surface area contributed by atoms with E-state index in [2.05, 4.69) is 0 Å². The fourth-order valence-corrected chi connectivity index (χ4v) is 2.06. The first-order valence-corrected chi connectivity index (χ1v) is 6.80. The van der Waals surface area contributed by atoms with Crippen LogP contribution in [-0.4, -0.2) is 4.99 Å². The molecule has 0 bridgehead atoms. The first-order chi connectivity index (χ1) is 9.49. The maximum atomic E-state index is 13.7. The average Bonchev–Trinajstić information content (AvgIpc) is 2.41. The minimum absolute atomic E-state index is 0.00233. The Balaban J connectivity index is 2.20. The van der Waals surface area contributed by atoms with Crippen LogP contribution in [0.25, 0.3) is 0 Å². The molecule has 6 heteroatoms. The van der Waals surface area contributed by atoms with Crippen molar-refractivity contribution >= 4 is 40.4 Å². The third kappa shape index (κ3) is 3.39. The second-order valence-corrected chi connectivity index (χ2v) is 5.24. The SMILES string of the molecule is NC(=S)c1ccc(F)c(COc2cccc(Cl)c2Cl)c1. The number of hydrogen-bond donors (Lipinski definition) is 1. The first kappa shape index (κ1) is 15.0.